The lowest BCUT2D eigenvalue weighted by atomic mass is 10.1. The van der Waals surface area contributed by atoms with Crippen LogP contribution >= 0.6 is 11.3 Å². The van der Waals surface area contributed by atoms with E-state index in [-0.39, 0.29) is 17.3 Å². The van der Waals surface area contributed by atoms with Crippen molar-refractivity contribution >= 4 is 28.3 Å². The number of hydrogen-bond acceptors (Lipinski definition) is 5. The predicted octanol–water partition coefficient (Wildman–Crippen LogP) is 5.17. The van der Waals surface area contributed by atoms with Gasteiger partial charge in [0.05, 0.1) is 12.2 Å². The van der Waals surface area contributed by atoms with Crippen molar-refractivity contribution in [3.8, 4) is 0 Å². The maximum atomic E-state index is 13.3. The number of anilines is 1. The number of halogens is 6. The summed E-state index contributed by atoms with van der Waals surface area (Å²) in [6.45, 7) is 1.28. The van der Waals surface area contributed by atoms with E-state index in [2.05, 4.69) is 9.72 Å². The van der Waals surface area contributed by atoms with Gasteiger partial charge in [-0.05, 0) is 44.0 Å². The molecule has 1 aliphatic carbocycles. The minimum absolute atomic E-state index is 0.142. The SMILES string of the molecule is CCOC(=O)c1sc(N(C(=O)c2ccc(C(F)(F)F)cc2)C2CC2)nc1C(F)(F)F. The van der Waals surface area contributed by atoms with E-state index >= 15 is 0 Å². The van der Waals surface area contributed by atoms with Crippen molar-refractivity contribution in [2.45, 2.75) is 38.2 Å². The number of nitrogens with zero attached hydrogens (tertiary/aromatic N) is 2. The highest BCUT2D eigenvalue weighted by Gasteiger charge is 2.43. The molecule has 30 heavy (non-hydrogen) atoms. The van der Waals surface area contributed by atoms with Crippen LogP contribution in [0.15, 0.2) is 24.3 Å². The molecule has 1 aliphatic rings. The van der Waals surface area contributed by atoms with Gasteiger partial charge in [-0.25, -0.2) is 9.78 Å². The average molecular weight is 452 g/mol. The molecule has 1 aromatic heterocycles. The van der Waals surface area contributed by atoms with Crippen molar-refractivity contribution in [2.75, 3.05) is 11.5 Å². The fraction of sp³-hybridized carbons (Fsp3) is 0.389. The Labute approximate surface area is 170 Å². The van der Waals surface area contributed by atoms with Crippen molar-refractivity contribution in [2.24, 2.45) is 0 Å². The van der Waals surface area contributed by atoms with Crippen LogP contribution in [0.5, 0.6) is 0 Å². The normalized spacial score (nSPS) is 14.5. The quantitative estimate of drug-likeness (QED) is 0.464. The highest BCUT2D eigenvalue weighted by molar-refractivity contribution is 7.17. The van der Waals surface area contributed by atoms with Crippen molar-refractivity contribution in [3.05, 3.63) is 46.0 Å². The number of thiazole rings is 1. The van der Waals surface area contributed by atoms with E-state index < -0.39 is 46.4 Å². The van der Waals surface area contributed by atoms with E-state index in [9.17, 15) is 35.9 Å². The van der Waals surface area contributed by atoms with Gasteiger partial charge in [0.15, 0.2) is 10.8 Å². The first-order chi connectivity index (χ1) is 13.9. The second kappa shape index (κ2) is 7.89. The van der Waals surface area contributed by atoms with Crippen LogP contribution in [0.4, 0.5) is 31.5 Å². The number of hydrogen-bond donors (Lipinski definition) is 0. The van der Waals surface area contributed by atoms with Crippen molar-refractivity contribution < 1.29 is 40.7 Å². The number of alkyl halides is 6. The molecule has 2 aromatic rings. The van der Waals surface area contributed by atoms with Gasteiger partial charge >= 0.3 is 18.3 Å². The second-order valence-corrected chi connectivity index (χ2v) is 7.35. The first-order valence-electron chi connectivity index (χ1n) is 8.69. The van der Waals surface area contributed by atoms with Crippen LogP contribution < -0.4 is 4.90 Å². The largest absolute Gasteiger partial charge is 0.462 e. The van der Waals surface area contributed by atoms with Gasteiger partial charge in [0.2, 0.25) is 0 Å². The lowest BCUT2D eigenvalue weighted by Gasteiger charge is -2.19. The maximum absolute atomic E-state index is 13.3. The molecule has 1 fully saturated rings. The Morgan fingerprint density at radius 3 is 2.17 bits per heavy atom. The van der Waals surface area contributed by atoms with E-state index in [0.717, 1.165) is 17.0 Å². The molecule has 0 saturated heterocycles. The third kappa shape index (κ3) is 4.58. The summed E-state index contributed by atoms with van der Waals surface area (Å²) in [7, 11) is 0. The van der Waals surface area contributed by atoms with Gasteiger partial charge in [0, 0.05) is 11.6 Å². The monoisotopic (exact) mass is 452 g/mol. The molecule has 3 rings (SSSR count). The van der Waals surface area contributed by atoms with Gasteiger partial charge in [-0.3, -0.25) is 9.69 Å². The Morgan fingerprint density at radius 1 is 1.10 bits per heavy atom. The number of amides is 1. The number of carbonyl (C=O) groups is 2. The summed E-state index contributed by atoms with van der Waals surface area (Å²) < 4.78 is 82.9. The Balaban J connectivity index is 1.99. The molecule has 0 atom stereocenters. The second-order valence-electron chi connectivity index (χ2n) is 6.37. The number of aromatic nitrogens is 1. The summed E-state index contributed by atoms with van der Waals surface area (Å²) in [5.74, 6) is -2.02. The average Bonchev–Trinajstić information content (AvgIpc) is 3.37. The molecule has 0 bridgehead atoms. The Kier molecular flexibility index (Phi) is 5.81. The van der Waals surface area contributed by atoms with E-state index in [1.165, 1.54) is 6.92 Å². The van der Waals surface area contributed by atoms with Crippen molar-refractivity contribution in [3.63, 3.8) is 0 Å². The Hall–Kier alpha value is -2.63. The molecule has 0 unspecified atom stereocenters. The summed E-state index contributed by atoms with van der Waals surface area (Å²) in [5, 5.41) is -0.363. The fourth-order valence-electron chi connectivity index (χ4n) is 2.62. The molecule has 162 valence electrons. The zero-order chi connectivity index (χ0) is 22.3. The number of carbonyl (C=O) groups excluding carboxylic acids is 2. The van der Waals surface area contributed by atoms with Crippen LogP contribution in [0.2, 0.25) is 0 Å². The van der Waals surface area contributed by atoms with Gasteiger partial charge < -0.3 is 4.74 Å². The highest BCUT2D eigenvalue weighted by Crippen LogP contribution is 2.41. The number of ether oxygens (including phenoxy) is 1. The first kappa shape index (κ1) is 22.1. The summed E-state index contributed by atoms with van der Waals surface area (Å²) in [6.07, 6.45) is -8.57. The highest BCUT2D eigenvalue weighted by atomic mass is 32.1. The van der Waals surface area contributed by atoms with Crippen LogP contribution in [0, 0.1) is 0 Å². The number of benzene rings is 1. The van der Waals surface area contributed by atoms with Gasteiger partial charge in [0.25, 0.3) is 5.91 Å². The molecule has 5 nitrogen and oxygen atoms in total. The molecule has 0 spiro atoms. The molecule has 0 N–H and O–H groups in total. The van der Waals surface area contributed by atoms with Crippen LogP contribution in [0.3, 0.4) is 0 Å². The fourth-order valence-corrected chi connectivity index (χ4v) is 3.67. The van der Waals surface area contributed by atoms with E-state index in [1.54, 1.807) is 0 Å². The lowest BCUT2D eigenvalue weighted by Crippen LogP contribution is -2.33. The summed E-state index contributed by atoms with van der Waals surface area (Å²) in [5.41, 5.74) is -2.57. The van der Waals surface area contributed by atoms with Gasteiger partial charge in [-0.2, -0.15) is 26.3 Å². The molecular weight excluding hydrogens is 438 g/mol. The third-order valence-corrected chi connectivity index (χ3v) is 5.18. The zero-order valence-corrected chi connectivity index (χ0v) is 16.1. The van der Waals surface area contributed by atoms with Gasteiger partial charge in [-0.15, -0.1) is 0 Å². The summed E-state index contributed by atoms with van der Waals surface area (Å²) in [4.78, 5) is 28.5. The van der Waals surface area contributed by atoms with E-state index in [1.807, 2.05) is 0 Å². The van der Waals surface area contributed by atoms with E-state index in [0.29, 0.717) is 36.3 Å². The standard InChI is InChI=1S/C18H14F6N2O3S/c1-2-29-15(28)12-13(18(22,23)24)25-16(30-12)26(11-7-8-11)14(27)9-3-5-10(6-4-9)17(19,20)21/h3-6,11H,2,7-8H2,1H3. The topological polar surface area (TPSA) is 59.5 Å². The molecule has 1 saturated carbocycles. The van der Waals surface area contributed by atoms with Crippen LogP contribution in [-0.2, 0) is 17.1 Å². The van der Waals surface area contributed by atoms with Crippen molar-refractivity contribution in [1.29, 1.82) is 0 Å². The Morgan fingerprint density at radius 2 is 1.70 bits per heavy atom. The predicted molar refractivity (Wildman–Crippen MR) is 94.3 cm³/mol. The van der Waals surface area contributed by atoms with Gasteiger partial charge in [0.1, 0.15) is 4.88 Å². The minimum atomic E-state index is -4.95. The zero-order valence-electron chi connectivity index (χ0n) is 15.3. The molecule has 1 heterocycles. The first-order valence-corrected chi connectivity index (χ1v) is 9.51. The molecule has 0 aliphatic heterocycles. The minimum Gasteiger partial charge on any atom is -0.462 e. The Bertz CT molecular complexity index is 948. The third-order valence-electron chi connectivity index (χ3n) is 4.14. The smallest absolute Gasteiger partial charge is 0.435 e. The summed E-state index contributed by atoms with van der Waals surface area (Å²) >= 11 is 0.361. The van der Waals surface area contributed by atoms with Crippen LogP contribution in [0.1, 0.15) is 51.1 Å². The van der Waals surface area contributed by atoms with Crippen LogP contribution in [-0.4, -0.2) is 29.5 Å². The molecule has 0 radical (unpaired) electrons. The number of rotatable bonds is 5. The maximum Gasteiger partial charge on any atom is 0.435 e. The van der Waals surface area contributed by atoms with E-state index in [4.69, 9.17) is 0 Å². The molecule has 12 heteroatoms. The lowest BCUT2D eigenvalue weighted by molar-refractivity contribution is -0.141. The molecule has 1 amide bonds. The molecule has 1 aromatic carbocycles. The number of esters is 1. The van der Waals surface area contributed by atoms with Crippen LogP contribution in [0.25, 0.3) is 0 Å². The molecular formula is C18H14F6N2O3S. The van der Waals surface area contributed by atoms with Gasteiger partial charge in [-0.1, -0.05) is 11.3 Å². The summed E-state index contributed by atoms with van der Waals surface area (Å²) in [6, 6.07) is 2.87. The van der Waals surface area contributed by atoms with Crippen molar-refractivity contribution in [1.82, 2.24) is 4.98 Å².